The number of ether oxygens (including phenoxy) is 1. The van der Waals surface area contributed by atoms with E-state index in [4.69, 9.17) is 4.74 Å². The number of amides is 2. The van der Waals surface area contributed by atoms with Crippen molar-refractivity contribution in [2.45, 2.75) is 38.8 Å². The number of aromatic nitrogens is 2. The van der Waals surface area contributed by atoms with Gasteiger partial charge in [-0.05, 0) is 38.5 Å². The topological polar surface area (TPSA) is 108 Å². The van der Waals surface area contributed by atoms with E-state index < -0.39 is 23.6 Å². The van der Waals surface area contributed by atoms with Crippen molar-refractivity contribution in [3.63, 3.8) is 0 Å². The van der Waals surface area contributed by atoms with Gasteiger partial charge in [0.25, 0.3) is 5.91 Å². The summed E-state index contributed by atoms with van der Waals surface area (Å²) in [6, 6.07) is 16.4. The highest BCUT2D eigenvalue weighted by molar-refractivity contribution is 5.98. The zero-order chi connectivity index (χ0) is 24.1. The van der Waals surface area contributed by atoms with Gasteiger partial charge in [-0.3, -0.25) is 9.78 Å². The number of alkyl carbamates (subject to hydrolysis) is 1. The second-order valence-corrected chi connectivity index (χ2v) is 8.92. The van der Waals surface area contributed by atoms with Crippen molar-refractivity contribution in [3.8, 4) is 0 Å². The number of hydrazone groups is 1. The molecule has 0 bridgehead atoms. The van der Waals surface area contributed by atoms with E-state index in [1.54, 1.807) is 33.2 Å². The number of pyridine rings is 1. The molecule has 0 radical (unpaired) electrons. The van der Waals surface area contributed by atoms with Gasteiger partial charge in [-0.1, -0.05) is 42.5 Å². The summed E-state index contributed by atoms with van der Waals surface area (Å²) >= 11 is 0. The molecule has 34 heavy (non-hydrogen) atoms. The number of aromatic amines is 1. The van der Waals surface area contributed by atoms with Crippen molar-refractivity contribution in [1.82, 2.24) is 20.7 Å². The summed E-state index contributed by atoms with van der Waals surface area (Å²) < 4.78 is 5.36. The molecule has 2 amide bonds. The van der Waals surface area contributed by atoms with E-state index in [-0.39, 0.29) is 6.42 Å². The molecule has 4 rings (SSSR count). The fraction of sp³-hybridized carbons (Fsp3) is 0.231. The Morgan fingerprint density at radius 3 is 2.74 bits per heavy atom. The smallest absolute Gasteiger partial charge is 0.408 e. The standard InChI is InChI=1S/C26H27N5O3/c1-26(2,3)34-25(33)30-22(14-19-15-28-21-12-5-4-11-20(19)21)24(32)31-29-16-18-9-6-8-17-10-7-13-27-23(17)18/h4-13,15-16,22,28H,14H2,1-3H3,(H,30,33)(H,31,32)/b29-16+/t22-/m0/s1. The Morgan fingerprint density at radius 1 is 1.12 bits per heavy atom. The van der Waals surface area contributed by atoms with Crippen molar-refractivity contribution in [3.05, 3.63) is 78.1 Å². The van der Waals surface area contributed by atoms with Crippen LogP contribution in [-0.4, -0.2) is 39.8 Å². The first-order chi connectivity index (χ1) is 16.3. The summed E-state index contributed by atoms with van der Waals surface area (Å²) in [6.07, 6.45) is 4.69. The zero-order valence-corrected chi connectivity index (χ0v) is 19.3. The van der Waals surface area contributed by atoms with Crippen LogP contribution in [0.15, 0.2) is 72.1 Å². The van der Waals surface area contributed by atoms with Crippen LogP contribution < -0.4 is 10.7 Å². The molecule has 2 aromatic heterocycles. The fourth-order valence-electron chi connectivity index (χ4n) is 3.65. The maximum Gasteiger partial charge on any atom is 0.408 e. The molecule has 8 heteroatoms. The van der Waals surface area contributed by atoms with Gasteiger partial charge in [0.1, 0.15) is 11.6 Å². The molecule has 0 aliphatic rings. The highest BCUT2D eigenvalue weighted by atomic mass is 16.6. The summed E-state index contributed by atoms with van der Waals surface area (Å²) in [5.41, 5.74) is 5.26. The van der Waals surface area contributed by atoms with Crippen molar-refractivity contribution in [1.29, 1.82) is 0 Å². The van der Waals surface area contributed by atoms with Crippen molar-refractivity contribution >= 4 is 40.0 Å². The third-order valence-corrected chi connectivity index (χ3v) is 5.15. The molecule has 0 saturated carbocycles. The van der Waals surface area contributed by atoms with Crippen LogP contribution >= 0.6 is 0 Å². The number of para-hydroxylation sites is 2. The number of carbonyl (C=O) groups is 2. The number of nitrogens with zero attached hydrogens (tertiary/aromatic N) is 2. The van der Waals surface area contributed by atoms with Gasteiger partial charge in [0, 0.05) is 40.7 Å². The lowest BCUT2D eigenvalue weighted by Crippen LogP contribution is -2.48. The molecule has 0 spiro atoms. The number of fused-ring (bicyclic) bond motifs is 2. The molecule has 174 valence electrons. The average molecular weight is 458 g/mol. The number of hydrogen-bond acceptors (Lipinski definition) is 5. The molecule has 0 fully saturated rings. The largest absolute Gasteiger partial charge is 0.444 e. The van der Waals surface area contributed by atoms with Crippen molar-refractivity contribution < 1.29 is 14.3 Å². The molecule has 2 aromatic carbocycles. The SMILES string of the molecule is CC(C)(C)OC(=O)N[C@@H](Cc1c[nH]c2ccccc12)C(=O)N/N=C/c1cccc2cccnc12. The van der Waals surface area contributed by atoms with E-state index in [1.807, 2.05) is 60.8 Å². The number of benzene rings is 2. The Bertz CT molecular complexity index is 1350. The summed E-state index contributed by atoms with van der Waals surface area (Å²) in [7, 11) is 0. The minimum absolute atomic E-state index is 0.264. The third kappa shape index (κ3) is 5.58. The van der Waals surface area contributed by atoms with E-state index >= 15 is 0 Å². The van der Waals surface area contributed by atoms with Gasteiger partial charge >= 0.3 is 6.09 Å². The van der Waals surface area contributed by atoms with Crippen molar-refractivity contribution in [2.24, 2.45) is 5.10 Å². The Morgan fingerprint density at radius 2 is 1.91 bits per heavy atom. The van der Waals surface area contributed by atoms with E-state index in [0.29, 0.717) is 0 Å². The normalized spacial score (nSPS) is 12.7. The molecular weight excluding hydrogens is 430 g/mol. The molecule has 0 saturated heterocycles. The maximum atomic E-state index is 13.0. The Kier molecular flexibility index (Phi) is 6.58. The summed E-state index contributed by atoms with van der Waals surface area (Å²) in [5, 5.41) is 8.76. The second kappa shape index (κ2) is 9.74. The van der Waals surface area contributed by atoms with Gasteiger partial charge in [0.15, 0.2) is 0 Å². The first kappa shape index (κ1) is 23.0. The van der Waals surface area contributed by atoms with Crippen molar-refractivity contribution in [2.75, 3.05) is 0 Å². The van der Waals surface area contributed by atoms with Crippen LogP contribution in [0, 0.1) is 0 Å². The van der Waals surface area contributed by atoms with E-state index in [1.165, 1.54) is 0 Å². The number of hydrogen-bond donors (Lipinski definition) is 3. The van der Waals surface area contributed by atoms with Crippen LogP contribution in [-0.2, 0) is 16.0 Å². The van der Waals surface area contributed by atoms with Gasteiger partial charge in [0.05, 0.1) is 11.7 Å². The highest BCUT2D eigenvalue weighted by Gasteiger charge is 2.25. The van der Waals surface area contributed by atoms with Gasteiger partial charge in [-0.15, -0.1) is 0 Å². The summed E-state index contributed by atoms with van der Waals surface area (Å²) in [6.45, 7) is 5.30. The molecule has 2 heterocycles. The first-order valence-electron chi connectivity index (χ1n) is 11.0. The minimum Gasteiger partial charge on any atom is -0.444 e. The summed E-state index contributed by atoms with van der Waals surface area (Å²) in [5.74, 6) is -0.458. The lowest BCUT2D eigenvalue weighted by atomic mass is 10.0. The zero-order valence-electron chi connectivity index (χ0n) is 19.3. The van der Waals surface area contributed by atoms with Crippen LogP contribution in [0.5, 0.6) is 0 Å². The second-order valence-electron chi connectivity index (χ2n) is 8.92. The van der Waals surface area contributed by atoms with Crippen LogP contribution in [0.3, 0.4) is 0 Å². The molecule has 0 unspecified atom stereocenters. The quantitative estimate of drug-likeness (QED) is 0.296. The van der Waals surface area contributed by atoms with Gasteiger partial charge in [-0.25, -0.2) is 10.2 Å². The molecule has 4 aromatic rings. The molecule has 3 N–H and O–H groups in total. The number of nitrogens with one attached hydrogen (secondary N) is 3. The van der Waals surface area contributed by atoms with Crippen LogP contribution in [0.4, 0.5) is 4.79 Å². The van der Waals surface area contributed by atoms with Gasteiger partial charge in [-0.2, -0.15) is 5.10 Å². The predicted molar refractivity (Wildman–Crippen MR) is 133 cm³/mol. The lowest BCUT2D eigenvalue weighted by Gasteiger charge is -2.22. The van der Waals surface area contributed by atoms with Crippen LogP contribution in [0.25, 0.3) is 21.8 Å². The fourth-order valence-corrected chi connectivity index (χ4v) is 3.65. The first-order valence-corrected chi connectivity index (χ1v) is 11.0. The molecule has 8 nitrogen and oxygen atoms in total. The molecule has 0 aliphatic carbocycles. The van der Waals surface area contributed by atoms with Crippen LogP contribution in [0.2, 0.25) is 0 Å². The predicted octanol–water partition coefficient (Wildman–Crippen LogP) is 4.30. The summed E-state index contributed by atoms with van der Waals surface area (Å²) in [4.78, 5) is 33.1. The van der Waals surface area contributed by atoms with E-state index in [2.05, 4.69) is 25.8 Å². The number of H-pyrrole nitrogens is 1. The Hall–Kier alpha value is -4.20. The lowest BCUT2D eigenvalue weighted by molar-refractivity contribution is -0.123. The average Bonchev–Trinajstić information content (AvgIpc) is 3.20. The minimum atomic E-state index is -0.892. The Balaban J connectivity index is 1.52. The van der Waals surface area contributed by atoms with Gasteiger partial charge in [0.2, 0.25) is 0 Å². The van der Waals surface area contributed by atoms with E-state index in [9.17, 15) is 9.59 Å². The monoisotopic (exact) mass is 457 g/mol. The molecule has 0 aliphatic heterocycles. The van der Waals surface area contributed by atoms with Crippen LogP contribution in [0.1, 0.15) is 31.9 Å². The maximum absolute atomic E-state index is 13.0. The van der Waals surface area contributed by atoms with Gasteiger partial charge < -0.3 is 15.0 Å². The molecule has 1 atom stereocenters. The van der Waals surface area contributed by atoms with E-state index in [0.717, 1.165) is 32.9 Å². The third-order valence-electron chi connectivity index (χ3n) is 5.15. The Labute approximate surface area is 197 Å². The highest BCUT2D eigenvalue weighted by Crippen LogP contribution is 2.19. The number of rotatable bonds is 6. The number of carbonyl (C=O) groups excluding carboxylic acids is 2. The molecular formula is C26H27N5O3.